The van der Waals surface area contributed by atoms with Crippen LogP contribution in [0.2, 0.25) is 0 Å². The van der Waals surface area contributed by atoms with Gasteiger partial charge < -0.3 is 24.6 Å². The Bertz CT molecular complexity index is 592. The zero-order valence-corrected chi connectivity index (χ0v) is 17.9. The van der Waals surface area contributed by atoms with Gasteiger partial charge in [-0.05, 0) is 19.9 Å². The first-order valence-electron chi connectivity index (χ1n) is 8.63. The van der Waals surface area contributed by atoms with Gasteiger partial charge in [0.25, 0.3) is 0 Å². The first-order chi connectivity index (χ1) is 12.2. The van der Waals surface area contributed by atoms with E-state index in [0.717, 1.165) is 11.5 Å². The minimum Gasteiger partial charge on any atom is -0.478 e. The van der Waals surface area contributed by atoms with E-state index >= 15 is 0 Å². The molecular weight excluding hydrogens is 449 g/mol. The first-order valence-corrected chi connectivity index (χ1v) is 8.63. The van der Waals surface area contributed by atoms with Crippen molar-refractivity contribution < 1.29 is 14.3 Å². The smallest absolute Gasteiger partial charge is 0.409 e. The van der Waals surface area contributed by atoms with Crippen LogP contribution in [-0.4, -0.2) is 73.3 Å². The van der Waals surface area contributed by atoms with Crippen LogP contribution in [0.3, 0.4) is 0 Å². The lowest BCUT2D eigenvalue weighted by molar-refractivity contribution is 0.0914. The summed E-state index contributed by atoms with van der Waals surface area (Å²) in [6.45, 7) is 7.97. The van der Waals surface area contributed by atoms with Crippen LogP contribution in [0.5, 0.6) is 5.88 Å². The molecule has 1 fully saturated rings. The molecule has 0 bridgehead atoms. The van der Waals surface area contributed by atoms with E-state index in [-0.39, 0.29) is 30.1 Å². The van der Waals surface area contributed by atoms with Gasteiger partial charge in [0.1, 0.15) is 0 Å². The van der Waals surface area contributed by atoms with Crippen molar-refractivity contribution in [3.8, 4) is 5.88 Å². The van der Waals surface area contributed by atoms with E-state index in [1.165, 1.54) is 0 Å². The van der Waals surface area contributed by atoms with Crippen molar-refractivity contribution in [3.63, 3.8) is 0 Å². The zero-order valence-electron chi connectivity index (χ0n) is 15.6. The third-order valence-electron chi connectivity index (χ3n) is 3.88. The van der Waals surface area contributed by atoms with Gasteiger partial charge in [0.15, 0.2) is 5.96 Å². The van der Waals surface area contributed by atoms with E-state index in [2.05, 4.69) is 20.2 Å². The second-order valence-electron chi connectivity index (χ2n) is 5.47. The van der Waals surface area contributed by atoms with Crippen LogP contribution in [0.15, 0.2) is 23.3 Å². The summed E-state index contributed by atoms with van der Waals surface area (Å²) in [6, 6.07) is 3.87. The third kappa shape index (κ3) is 6.19. The van der Waals surface area contributed by atoms with Crippen molar-refractivity contribution in [2.24, 2.45) is 4.99 Å². The number of piperazine rings is 1. The molecule has 2 heterocycles. The highest BCUT2D eigenvalue weighted by Crippen LogP contribution is 2.14. The Morgan fingerprint density at radius 3 is 2.54 bits per heavy atom. The Morgan fingerprint density at radius 1 is 1.23 bits per heavy atom. The topological polar surface area (TPSA) is 79.3 Å². The van der Waals surface area contributed by atoms with Crippen molar-refractivity contribution in [3.05, 3.63) is 23.9 Å². The predicted octanol–water partition coefficient (Wildman–Crippen LogP) is 1.95. The fraction of sp³-hybridized carbons (Fsp3) is 0.588. The Balaban J connectivity index is 0.00000338. The molecule has 0 atom stereocenters. The molecule has 1 aliphatic rings. The van der Waals surface area contributed by atoms with Gasteiger partial charge in [0.05, 0.1) is 13.2 Å². The molecule has 0 radical (unpaired) electrons. The molecule has 1 N–H and O–H groups in total. The van der Waals surface area contributed by atoms with Crippen molar-refractivity contribution in [2.75, 3.05) is 46.4 Å². The molecule has 0 aromatic carbocycles. The number of hydrogen-bond acceptors (Lipinski definition) is 5. The monoisotopic (exact) mass is 477 g/mol. The number of halogens is 1. The summed E-state index contributed by atoms with van der Waals surface area (Å²) in [5.74, 6) is 1.44. The highest BCUT2D eigenvalue weighted by atomic mass is 127. The molecular formula is C17H28IN5O3. The van der Waals surface area contributed by atoms with Crippen molar-refractivity contribution in [1.29, 1.82) is 0 Å². The summed E-state index contributed by atoms with van der Waals surface area (Å²) in [5, 5.41) is 3.34. The average Bonchev–Trinajstić information content (AvgIpc) is 2.64. The van der Waals surface area contributed by atoms with E-state index in [9.17, 15) is 4.79 Å². The lowest BCUT2D eigenvalue weighted by Gasteiger charge is -2.35. The van der Waals surface area contributed by atoms with Gasteiger partial charge in [-0.2, -0.15) is 0 Å². The summed E-state index contributed by atoms with van der Waals surface area (Å²) in [4.78, 5) is 24.2. The number of rotatable bonds is 5. The van der Waals surface area contributed by atoms with E-state index in [1.807, 2.05) is 26.0 Å². The standard InChI is InChI=1S/C17H27N5O3.HI/c1-4-24-15-14(7-6-8-19-15)13-20-16(18-3)21-9-11-22(12-10-21)17(23)25-5-2;/h6-8H,4-5,9-13H2,1-3H3,(H,18,20);1H. The van der Waals surface area contributed by atoms with Crippen LogP contribution < -0.4 is 10.1 Å². The summed E-state index contributed by atoms with van der Waals surface area (Å²) in [6.07, 6.45) is 1.47. The highest BCUT2D eigenvalue weighted by Gasteiger charge is 2.23. The summed E-state index contributed by atoms with van der Waals surface area (Å²) in [5.41, 5.74) is 0.982. The lowest BCUT2D eigenvalue weighted by Crippen LogP contribution is -2.53. The molecule has 146 valence electrons. The van der Waals surface area contributed by atoms with Crippen LogP contribution in [0.1, 0.15) is 19.4 Å². The van der Waals surface area contributed by atoms with Crippen LogP contribution in [0.25, 0.3) is 0 Å². The number of hydrogen-bond donors (Lipinski definition) is 1. The fourth-order valence-corrected chi connectivity index (χ4v) is 2.65. The summed E-state index contributed by atoms with van der Waals surface area (Å²) < 4.78 is 10.6. The number of carbonyl (C=O) groups excluding carboxylic acids is 1. The summed E-state index contributed by atoms with van der Waals surface area (Å²) >= 11 is 0. The number of guanidine groups is 1. The molecule has 1 aromatic rings. The van der Waals surface area contributed by atoms with Gasteiger partial charge in [-0.1, -0.05) is 6.07 Å². The maximum absolute atomic E-state index is 11.8. The summed E-state index contributed by atoms with van der Waals surface area (Å²) in [7, 11) is 1.76. The Hall–Kier alpha value is -1.78. The van der Waals surface area contributed by atoms with Crippen LogP contribution in [0, 0.1) is 0 Å². The van der Waals surface area contributed by atoms with Gasteiger partial charge in [0, 0.05) is 51.5 Å². The molecule has 26 heavy (non-hydrogen) atoms. The average molecular weight is 477 g/mol. The molecule has 1 saturated heterocycles. The minimum atomic E-state index is -0.248. The highest BCUT2D eigenvalue weighted by molar-refractivity contribution is 14.0. The van der Waals surface area contributed by atoms with Gasteiger partial charge in [0.2, 0.25) is 5.88 Å². The second kappa shape index (κ2) is 11.8. The van der Waals surface area contributed by atoms with E-state index < -0.39 is 0 Å². The molecule has 1 aromatic heterocycles. The number of carbonyl (C=O) groups is 1. The van der Waals surface area contributed by atoms with Crippen molar-refractivity contribution in [1.82, 2.24) is 20.1 Å². The molecule has 8 nitrogen and oxygen atoms in total. The SMILES string of the molecule is CCOC(=O)N1CCN(C(=NC)NCc2cccnc2OCC)CC1.I. The minimum absolute atomic E-state index is 0. The van der Waals surface area contributed by atoms with E-state index in [4.69, 9.17) is 9.47 Å². The van der Waals surface area contributed by atoms with Crippen LogP contribution >= 0.6 is 24.0 Å². The van der Waals surface area contributed by atoms with E-state index in [1.54, 1.807) is 18.1 Å². The molecule has 0 saturated carbocycles. The van der Waals surface area contributed by atoms with Gasteiger partial charge >= 0.3 is 6.09 Å². The van der Waals surface area contributed by atoms with Gasteiger partial charge in [-0.15, -0.1) is 24.0 Å². The normalized spacial score (nSPS) is 14.5. The second-order valence-corrected chi connectivity index (χ2v) is 5.47. The molecule has 1 amide bonds. The van der Waals surface area contributed by atoms with Gasteiger partial charge in [-0.3, -0.25) is 4.99 Å². The lowest BCUT2D eigenvalue weighted by atomic mass is 10.2. The molecule has 9 heteroatoms. The largest absolute Gasteiger partial charge is 0.478 e. The Kier molecular flexibility index (Phi) is 10.1. The van der Waals surface area contributed by atoms with E-state index in [0.29, 0.717) is 51.8 Å². The van der Waals surface area contributed by atoms with Gasteiger partial charge in [-0.25, -0.2) is 9.78 Å². The molecule has 2 rings (SSSR count). The maximum Gasteiger partial charge on any atom is 0.409 e. The Labute approximate surface area is 172 Å². The Morgan fingerprint density at radius 2 is 1.92 bits per heavy atom. The predicted molar refractivity (Wildman–Crippen MR) is 111 cm³/mol. The number of nitrogens with one attached hydrogen (secondary N) is 1. The molecule has 0 spiro atoms. The quantitative estimate of drug-likeness (QED) is 0.397. The first kappa shape index (κ1) is 22.3. The number of nitrogens with zero attached hydrogens (tertiary/aromatic N) is 4. The van der Waals surface area contributed by atoms with Crippen LogP contribution in [-0.2, 0) is 11.3 Å². The molecule has 0 aliphatic carbocycles. The number of aromatic nitrogens is 1. The van der Waals surface area contributed by atoms with Crippen molar-refractivity contribution >= 4 is 36.0 Å². The number of pyridine rings is 1. The molecule has 0 unspecified atom stereocenters. The fourth-order valence-electron chi connectivity index (χ4n) is 2.65. The molecule has 1 aliphatic heterocycles. The maximum atomic E-state index is 11.8. The number of amides is 1. The zero-order chi connectivity index (χ0) is 18.1. The number of ether oxygens (including phenoxy) is 2. The third-order valence-corrected chi connectivity index (χ3v) is 3.88. The van der Waals surface area contributed by atoms with Crippen LogP contribution in [0.4, 0.5) is 4.79 Å². The van der Waals surface area contributed by atoms with Crippen molar-refractivity contribution in [2.45, 2.75) is 20.4 Å². The number of aliphatic imine (C=N–C) groups is 1.